The molecule has 0 spiro atoms. The summed E-state index contributed by atoms with van der Waals surface area (Å²) in [6.45, 7) is 3.86. The highest BCUT2D eigenvalue weighted by Crippen LogP contribution is 2.33. The predicted molar refractivity (Wildman–Crippen MR) is 86.8 cm³/mol. The molecule has 10 heteroatoms. The van der Waals surface area contributed by atoms with Crippen LogP contribution in [-0.2, 0) is 6.18 Å². The molecule has 7 nitrogen and oxygen atoms in total. The Hall–Kier alpha value is -2.62. The summed E-state index contributed by atoms with van der Waals surface area (Å²) in [6.07, 6.45) is -2.24. The quantitative estimate of drug-likeness (QED) is 0.853. The van der Waals surface area contributed by atoms with Crippen LogP contribution in [-0.4, -0.2) is 49.0 Å². The fraction of sp³-hybridized carbons (Fsp3) is 0.438. The zero-order valence-corrected chi connectivity index (χ0v) is 14.2. The number of aliphatic hydroxyl groups is 1. The van der Waals surface area contributed by atoms with Gasteiger partial charge >= 0.3 is 12.2 Å². The smallest absolute Gasteiger partial charge is 0.391 e. The van der Waals surface area contributed by atoms with Crippen LogP contribution in [0.2, 0.25) is 0 Å². The molecular formula is C16H18F3N5O2. The lowest BCUT2D eigenvalue weighted by Gasteiger charge is -2.33. The van der Waals surface area contributed by atoms with Gasteiger partial charge in [0.1, 0.15) is 5.56 Å². The molecule has 1 aliphatic rings. The molecule has 2 amide bonds. The van der Waals surface area contributed by atoms with E-state index in [4.69, 9.17) is 0 Å². The first-order chi connectivity index (χ1) is 12.1. The number of pyridine rings is 1. The van der Waals surface area contributed by atoms with Crippen molar-refractivity contribution in [1.82, 2.24) is 19.7 Å². The number of amides is 2. The summed E-state index contributed by atoms with van der Waals surface area (Å²) in [5, 5.41) is 16.5. The van der Waals surface area contributed by atoms with Gasteiger partial charge in [-0.15, -0.1) is 5.10 Å². The molecule has 1 aliphatic heterocycles. The van der Waals surface area contributed by atoms with Crippen LogP contribution < -0.4 is 5.32 Å². The van der Waals surface area contributed by atoms with Crippen molar-refractivity contribution in [2.75, 3.05) is 11.9 Å². The van der Waals surface area contributed by atoms with Gasteiger partial charge in [0.05, 0.1) is 11.6 Å². The predicted octanol–water partition coefficient (Wildman–Crippen LogP) is 2.66. The normalized spacial score (nSPS) is 19.6. The fourth-order valence-electron chi connectivity index (χ4n) is 2.92. The number of likely N-dealkylation sites (tertiary alicyclic amines) is 1. The van der Waals surface area contributed by atoms with Crippen molar-refractivity contribution < 1.29 is 23.1 Å². The van der Waals surface area contributed by atoms with E-state index in [9.17, 15) is 23.1 Å². The Morgan fingerprint density at radius 2 is 2.12 bits per heavy atom. The maximum absolute atomic E-state index is 13.1. The van der Waals surface area contributed by atoms with Crippen LogP contribution in [0.15, 0.2) is 30.6 Å². The highest BCUT2D eigenvalue weighted by atomic mass is 19.4. The van der Waals surface area contributed by atoms with E-state index in [-0.39, 0.29) is 11.6 Å². The van der Waals surface area contributed by atoms with Crippen molar-refractivity contribution in [2.24, 2.45) is 0 Å². The number of aliphatic hydroxyl groups excluding tert-OH is 1. The minimum absolute atomic E-state index is 0.0889. The van der Waals surface area contributed by atoms with Crippen LogP contribution in [0, 0.1) is 0 Å². The minimum atomic E-state index is -4.57. The molecular weight excluding hydrogens is 351 g/mol. The standard InChI is InChI=1S/C16H18F3N5O2/c1-15(2)11(25)5-8-23(15)14(26)21-12-6-9-24(22-12)13-10(16(17,18)19)4-3-7-20-13/h3-4,6-7,9,11,25H,5,8H2,1-2H3,(H,21,22,26). The Morgan fingerprint density at radius 1 is 1.38 bits per heavy atom. The molecule has 140 valence electrons. The molecule has 1 unspecified atom stereocenters. The number of nitrogens with one attached hydrogen (secondary N) is 1. The number of urea groups is 1. The van der Waals surface area contributed by atoms with Crippen LogP contribution in [0.4, 0.5) is 23.8 Å². The Kier molecular flexibility index (Phi) is 4.39. The molecule has 0 radical (unpaired) electrons. The van der Waals surface area contributed by atoms with Crippen LogP contribution >= 0.6 is 0 Å². The topological polar surface area (TPSA) is 83.3 Å². The summed E-state index contributed by atoms with van der Waals surface area (Å²) in [4.78, 5) is 17.6. The second kappa shape index (κ2) is 6.27. The van der Waals surface area contributed by atoms with Crippen molar-refractivity contribution >= 4 is 11.8 Å². The number of carbonyl (C=O) groups is 1. The van der Waals surface area contributed by atoms with E-state index in [0.717, 1.165) is 10.7 Å². The van der Waals surface area contributed by atoms with E-state index in [1.54, 1.807) is 13.8 Å². The molecule has 3 rings (SSSR count). The molecule has 0 bridgehead atoms. The van der Waals surface area contributed by atoms with Gasteiger partial charge in [0, 0.05) is 25.0 Å². The lowest BCUT2D eigenvalue weighted by atomic mass is 9.99. The summed E-state index contributed by atoms with van der Waals surface area (Å²) in [6, 6.07) is 3.01. The first-order valence-corrected chi connectivity index (χ1v) is 7.95. The molecule has 2 aromatic heterocycles. The average molecular weight is 369 g/mol. The second-order valence-electron chi connectivity index (χ2n) is 6.56. The van der Waals surface area contributed by atoms with Crippen LogP contribution in [0.5, 0.6) is 0 Å². The van der Waals surface area contributed by atoms with Crippen LogP contribution in [0.1, 0.15) is 25.8 Å². The van der Waals surface area contributed by atoms with E-state index >= 15 is 0 Å². The molecule has 1 saturated heterocycles. The highest BCUT2D eigenvalue weighted by Gasteiger charge is 2.43. The Balaban J connectivity index is 1.81. The Labute approximate surface area is 147 Å². The first-order valence-electron chi connectivity index (χ1n) is 7.95. The molecule has 1 atom stereocenters. The number of anilines is 1. The number of hydrogen-bond acceptors (Lipinski definition) is 4. The minimum Gasteiger partial charge on any atom is -0.391 e. The lowest BCUT2D eigenvalue weighted by Crippen LogP contribution is -2.49. The summed E-state index contributed by atoms with van der Waals surface area (Å²) in [7, 11) is 0. The monoisotopic (exact) mass is 369 g/mol. The summed E-state index contributed by atoms with van der Waals surface area (Å²) in [5.74, 6) is -0.289. The number of alkyl halides is 3. The first kappa shape index (κ1) is 18.2. The van der Waals surface area contributed by atoms with Gasteiger partial charge in [-0.2, -0.15) is 13.2 Å². The van der Waals surface area contributed by atoms with Gasteiger partial charge in [0.15, 0.2) is 11.6 Å². The number of carbonyl (C=O) groups excluding carboxylic acids is 1. The van der Waals surface area contributed by atoms with E-state index in [1.165, 1.54) is 29.4 Å². The Bertz CT molecular complexity index is 818. The molecule has 0 aromatic carbocycles. The van der Waals surface area contributed by atoms with E-state index in [0.29, 0.717) is 13.0 Å². The summed E-state index contributed by atoms with van der Waals surface area (Å²) in [5.41, 5.74) is -1.67. The zero-order chi connectivity index (χ0) is 19.1. The lowest BCUT2D eigenvalue weighted by molar-refractivity contribution is -0.137. The fourth-order valence-corrected chi connectivity index (χ4v) is 2.92. The van der Waals surface area contributed by atoms with Gasteiger partial charge in [-0.05, 0) is 32.4 Å². The molecule has 0 aliphatic carbocycles. The molecule has 0 saturated carbocycles. The zero-order valence-electron chi connectivity index (χ0n) is 14.2. The third-order valence-corrected chi connectivity index (χ3v) is 4.52. The Morgan fingerprint density at radius 3 is 2.73 bits per heavy atom. The van der Waals surface area contributed by atoms with Crippen molar-refractivity contribution in [2.45, 2.75) is 38.1 Å². The molecule has 2 N–H and O–H groups in total. The van der Waals surface area contributed by atoms with Crippen molar-refractivity contribution in [3.05, 3.63) is 36.2 Å². The maximum atomic E-state index is 13.1. The molecule has 1 fully saturated rings. The van der Waals surface area contributed by atoms with Crippen molar-refractivity contribution in [3.8, 4) is 5.82 Å². The van der Waals surface area contributed by atoms with Crippen LogP contribution in [0.25, 0.3) is 5.82 Å². The van der Waals surface area contributed by atoms with Gasteiger partial charge in [-0.3, -0.25) is 5.32 Å². The van der Waals surface area contributed by atoms with Gasteiger partial charge in [-0.25, -0.2) is 14.5 Å². The van der Waals surface area contributed by atoms with Gasteiger partial charge in [0.25, 0.3) is 0 Å². The molecule has 2 aromatic rings. The number of rotatable bonds is 2. The van der Waals surface area contributed by atoms with Crippen LogP contribution in [0.3, 0.4) is 0 Å². The largest absolute Gasteiger partial charge is 0.420 e. The van der Waals surface area contributed by atoms with Crippen molar-refractivity contribution in [3.63, 3.8) is 0 Å². The third-order valence-electron chi connectivity index (χ3n) is 4.52. The van der Waals surface area contributed by atoms with E-state index in [1.807, 2.05) is 0 Å². The second-order valence-corrected chi connectivity index (χ2v) is 6.56. The highest BCUT2D eigenvalue weighted by molar-refractivity contribution is 5.89. The number of nitrogens with zero attached hydrogens (tertiary/aromatic N) is 4. The third kappa shape index (κ3) is 3.24. The van der Waals surface area contributed by atoms with E-state index < -0.39 is 29.4 Å². The van der Waals surface area contributed by atoms with Crippen molar-refractivity contribution in [1.29, 1.82) is 0 Å². The van der Waals surface area contributed by atoms with Gasteiger partial charge < -0.3 is 10.0 Å². The molecule has 3 heterocycles. The summed E-state index contributed by atoms with van der Waals surface area (Å²) >= 11 is 0. The van der Waals surface area contributed by atoms with Gasteiger partial charge in [0.2, 0.25) is 0 Å². The SMILES string of the molecule is CC1(C)C(O)CCN1C(=O)Nc1ccn(-c2ncccc2C(F)(F)F)n1. The number of hydrogen-bond donors (Lipinski definition) is 2. The van der Waals surface area contributed by atoms with Gasteiger partial charge in [-0.1, -0.05) is 0 Å². The summed E-state index contributed by atoms with van der Waals surface area (Å²) < 4.78 is 40.2. The molecule has 26 heavy (non-hydrogen) atoms. The number of halogens is 3. The van der Waals surface area contributed by atoms with E-state index in [2.05, 4.69) is 15.4 Å². The number of aromatic nitrogens is 3. The average Bonchev–Trinajstić information content (AvgIpc) is 3.12. The maximum Gasteiger partial charge on any atom is 0.420 e.